The Morgan fingerprint density at radius 2 is 2.05 bits per heavy atom. The van der Waals surface area contributed by atoms with E-state index in [-0.39, 0.29) is 0 Å². The lowest BCUT2D eigenvalue weighted by Crippen LogP contribution is -2.44. The van der Waals surface area contributed by atoms with E-state index in [9.17, 15) is 9.90 Å². The lowest BCUT2D eigenvalue weighted by atomic mass is 9.79. The molecule has 0 aromatic carbocycles. The molecule has 0 atom stereocenters. The van der Waals surface area contributed by atoms with E-state index in [2.05, 4.69) is 16.3 Å². The SMILES string of the molecule is O=C(O)C1(CN2CCc3sccc3C2)CCCCCC1. The third-order valence-electron chi connectivity index (χ3n) is 4.93. The van der Waals surface area contributed by atoms with Crippen molar-refractivity contribution in [2.24, 2.45) is 5.41 Å². The Morgan fingerprint density at radius 1 is 1.30 bits per heavy atom. The van der Waals surface area contributed by atoms with Crippen molar-refractivity contribution < 1.29 is 9.90 Å². The van der Waals surface area contributed by atoms with Crippen molar-refractivity contribution in [3.63, 3.8) is 0 Å². The maximum atomic E-state index is 11.9. The Hall–Kier alpha value is -0.870. The third kappa shape index (κ3) is 2.77. The lowest BCUT2D eigenvalue weighted by molar-refractivity contribution is -0.151. The van der Waals surface area contributed by atoms with E-state index in [0.29, 0.717) is 0 Å². The second-order valence-electron chi connectivity index (χ2n) is 6.33. The molecular weight excluding hydrogens is 270 g/mol. The molecule has 1 N–H and O–H groups in total. The number of rotatable bonds is 3. The van der Waals surface area contributed by atoms with Gasteiger partial charge in [-0.05, 0) is 36.3 Å². The number of carbonyl (C=O) groups is 1. The van der Waals surface area contributed by atoms with Gasteiger partial charge in [0.2, 0.25) is 0 Å². The summed E-state index contributed by atoms with van der Waals surface area (Å²) in [5, 5.41) is 11.9. The number of hydrogen-bond acceptors (Lipinski definition) is 3. The summed E-state index contributed by atoms with van der Waals surface area (Å²) in [4.78, 5) is 15.7. The van der Waals surface area contributed by atoms with Crippen LogP contribution in [-0.4, -0.2) is 29.1 Å². The van der Waals surface area contributed by atoms with Crippen LogP contribution in [0.15, 0.2) is 11.4 Å². The summed E-state index contributed by atoms with van der Waals surface area (Å²) >= 11 is 1.84. The number of aliphatic carboxylic acids is 1. The van der Waals surface area contributed by atoms with E-state index < -0.39 is 11.4 Å². The maximum absolute atomic E-state index is 11.9. The van der Waals surface area contributed by atoms with Gasteiger partial charge in [-0.2, -0.15) is 0 Å². The number of nitrogens with zero attached hydrogens (tertiary/aromatic N) is 1. The van der Waals surface area contributed by atoms with Crippen LogP contribution in [0.5, 0.6) is 0 Å². The van der Waals surface area contributed by atoms with Gasteiger partial charge in [0.05, 0.1) is 5.41 Å². The van der Waals surface area contributed by atoms with Crippen LogP contribution < -0.4 is 0 Å². The Morgan fingerprint density at radius 3 is 2.75 bits per heavy atom. The second kappa shape index (κ2) is 5.86. The van der Waals surface area contributed by atoms with Crippen LogP contribution in [0.1, 0.15) is 49.0 Å². The predicted octanol–water partition coefficient (Wildman–Crippen LogP) is 3.53. The molecule has 1 aromatic heterocycles. The Kier molecular flexibility index (Phi) is 4.13. The fourth-order valence-electron chi connectivity index (χ4n) is 3.71. The average Bonchev–Trinajstić information content (AvgIpc) is 2.76. The number of carboxylic acid groups (broad SMARTS) is 1. The summed E-state index contributed by atoms with van der Waals surface area (Å²) in [5.74, 6) is -0.574. The lowest BCUT2D eigenvalue weighted by Gasteiger charge is -2.36. The van der Waals surface area contributed by atoms with Gasteiger partial charge in [-0.15, -0.1) is 11.3 Å². The zero-order valence-corrected chi connectivity index (χ0v) is 12.8. The van der Waals surface area contributed by atoms with Crippen molar-refractivity contribution >= 4 is 17.3 Å². The largest absolute Gasteiger partial charge is 0.481 e. The minimum Gasteiger partial charge on any atom is -0.481 e. The van der Waals surface area contributed by atoms with Gasteiger partial charge in [0.25, 0.3) is 0 Å². The molecule has 0 spiro atoms. The third-order valence-corrected chi connectivity index (χ3v) is 5.95. The van der Waals surface area contributed by atoms with E-state index in [1.165, 1.54) is 23.3 Å². The molecule has 0 bridgehead atoms. The van der Waals surface area contributed by atoms with Crippen LogP contribution in [0.25, 0.3) is 0 Å². The molecule has 1 saturated carbocycles. The Balaban J connectivity index is 1.72. The molecule has 110 valence electrons. The Bertz CT molecular complexity index is 475. The van der Waals surface area contributed by atoms with Crippen molar-refractivity contribution in [2.45, 2.75) is 51.5 Å². The van der Waals surface area contributed by atoms with Crippen LogP contribution in [0.4, 0.5) is 0 Å². The first-order valence-electron chi connectivity index (χ1n) is 7.71. The first-order valence-corrected chi connectivity index (χ1v) is 8.59. The summed E-state index contributed by atoms with van der Waals surface area (Å²) in [6.07, 6.45) is 7.34. The maximum Gasteiger partial charge on any atom is 0.310 e. The van der Waals surface area contributed by atoms with Gasteiger partial charge in [0.15, 0.2) is 0 Å². The molecule has 3 nitrogen and oxygen atoms in total. The molecule has 1 aromatic rings. The van der Waals surface area contributed by atoms with Crippen molar-refractivity contribution in [3.05, 3.63) is 21.9 Å². The van der Waals surface area contributed by atoms with Gasteiger partial charge >= 0.3 is 5.97 Å². The van der Waals surface area contributed by atoms with Crippen LogP contribution >= 0.6 is 11.3 Å². The van der Waals surface area contributed by atoms with Crippen LogP contribution in [0.3, 0.4) is 0 Å². The van der Waals surface area contributed by atoms with Gasteiger partial charge in [-0.25, -0.2) is 0 Å². The Labute approximate surface area is 124 Å². The van der Waals surface area contributed by atoms with Gasteiger partial charge in [0.1, 0.15) is 0 Å². The molecule has 2 heterocycles. The van der Waals surface area contributed by atoms with Crippen molar-refractivity contribution in [1.82, 2.24) is 4.90 Å². The zero-order chi connectivity index (χ0) is 14.0. The molecule has 3 rings (SSSR count). The molecule has 0 radical (unpaired) electrons. The minimum atomic E-state index is -0.574. The first kappa shape index (κ1) is 14.1. The van der Waals surface area contributed by atoms with Crippen LogP contribution in [-0.2, 0) is 17.8 Å². The molecule has 1 aliphatic carbocycles. The fraction of sp³-hybridized carbons (Fsp3) is 0.688. The highest BCUT2D eigenvalue weighted by atomic mass is 32.1. The second-order valence-corrected chi connectivity index (χ2v) is 7.33. The van der Waals surface area contributed by atoms with Crippen molar-refractivity contribution in [2.75, 3.05) is 13.1 Å². The standard InChI is InChI=1S/C16H23NO2S/c18-15(19)16(7-3-1-2-4-8-16)12-17-9-5-14-13(11-17)6-10-20-14/h6,10H,1-5,7-9,11-12H2,(H,18,19). The predicted molar refractivity (Wildman–Crippen MR) is 81.1 cm³/mol. The molecule has 0 saturated heterocycles. The molecule has 4 heteroatoms. The zero-order valence-electron chi connectivity index (χ0n) is 11.9. The fourth-order valence-corrected chi connectivity index (χ4v) is 4.60. The minimum absolute atomic E-state index is 0.496. The first-order chi connectivity index (χ1) is 9.70. The van der Waals surface area contributed by atoms with Gasteiger partial charge in [0, 0.05) is 24.5 Å². The molecule has 0 unspecified atom stereocenters. The van der Waals surface area contributed by atoms with E-state index in [4.69, 9.17) is 0 Å². The van der Waals surface area contributed by atoms with Crippen molar-refractivity contribution in [1.29, 1.82) is 0 Å². The summed E-state index contributed by atoms with van der Waals surface area (Å²) < 4.78 is 0. The number of hydrogen-bond donors (Lipinski definition) is 1. The van der Waals surface area contributed by atoms with E-state index in [1.807, 2.05) is 11.3 Å². The van der Waals surface area contributed by atoms with Gasteiger partial charge in [-0.3, -0.25) is 9.69 Å². The topological polar surface area (TPSA) is 40.5 Å². The molecular formula is C16H23NO2S. The normalized spacial score (nSPS) is 23.0. The molecule has 20 heavy (non-hydrogen) atoms. The van der Waals surface area contributed by atoms with E-state index >= 15 is 0 Å². The van der Waals surface area contributed by atoms with E-state index in [1.54, 1.807) is 0 Å². The van der Waals surface area contributed by atoms with Gasteiger partial charge < -0.3 is 5.11 Å². The number of carboxylic acids is 1. The summed E-state index contributed by atoms with van der Waals surface area (Å²) in [7, 11) is 0. The molecule has 1 aliphatic heterocycles. The highest BCUT2D eigenvalue weighted by Gasteiger charge is 2.40. The highest BCUT2D eigenvalue weighted by molar-refractivity contribution is 7.10. The van der Waals surface area contributed by atoms with Crippen LogP contribution in [0.2, 0.25) is 0 Å². The summed E-state index contributed by atoms with van der Waals surface area (Å²) in [5.41, 5.74) is 0.916. The molecule has 1 fully saturated rings. The highest BCUT2D eigenvalue weighted by Crippen LogP contribution is 2.37. The van der Waals surface area contributed by atoms with Crippen LogP contribution in [0, 0.1) is 5.41 Å². The summed E-state index contributed by atoms with van der Waals surface area (Å²) in [6.45, 7) is 2.69. The molecule has 0 amide bonds. The van der Waals surface area contributed by atoms with Crippen molar-refractivity contribution in [3.8, 4) is 0 Å². The van der Waals surface area contributed by atoms with E-state index in [0.717, 1.165) is 51.7 Å². The quantitative estimate of drug-likeness (QED) is 0.867. The van der Waals surface area contributed by atoms with Gasteiger partial charge in [-0.1, -0.05) is 25.7 Å². The number of thiophene rings is 1. The number of fused-ring (bicyclic) bond motifs is 1. The monoisotopic (exact) mass is 293 g/mol. The summed E-state index contributed by atoms with van der Waals surface area (Å²) in [6, 6.07) is 2.20. The smallest absolute Gasteiger partial charge is 0.310 e. The molecule has 2 aliphatic rings. The average molecular weight is 293 g/mol.